The predicted octanol–water partition coefficient (Wildman–Crippen LogP) is 0.875. The number of carbonyl (C=O) groups excluding carboxylic acids is 1. The highest BCUT2D eigenvalue weighted by atomic mass is 31.2. The van der Waals surface area contributed by atoms with Crippen LogP contribution in [0.15, 0.2) is 24.4 Å². The predicted molar refractivity (Wildman–Crippen MR) is 67.5 cm³/mol. The van der Waals surface area contributed by atoms with Crippen LogP contribution in [0.3, 0.4) is 0 Å². The molecule has 0 saturated carbocycles. The molecule has 0 bridgehead atoms. The summed E-state index contributed by atoms with van der Waals surface area (Å²) in [6.07, 6.45) is 0.986. The molecule has 22 heavy (non-hydrogen) atoms. The number of phosphoric acid groups is 1. The SMILES string of the molecule is O=C(Nc1ccc(F)cc1F)c1cnn(COP(=O)(O)O)n1. The Kier molecular flexibility index (Phi) is 4.62. The molecule has 9 nitrogen and oxygen atoms in total. The topological polar surface area (TPSA) is 127 Å². The minimum atomic E-state index is -4.70. The van der Waals surface area contributed by atoms with Crippen molar-refractivity contribution in [3.63, 3.8) is 0 Å². The maximum Gasteiger partial charge on any atom is 0.471 e. The Morgan fingerprint density at radius 3 is 2.77 bits per heavy atom. The monoisotopic (exact) mass is 334 g/mol. The van der Waals surface area contributed by atoms with Crippen LogP contribution in [0.4, 0.5) is 14.5 Å². The summed E-state index contributed by atoms with van der Waals surface area (Å²) in [5, 5.41) is 9.28. The first-order valence-electron chi connectivity index (χ1n) is 5.61. The Morgan fingerprint density at radius 1 is 1.41 bits per heavy atom. The highest BCUT2D eigenvalue weighted by Crippen LogP contribution is 2.35. The summed E-state index contributed by atoms with van der Waals surface area (Å²) >= 11 is 0. The van der Waals surface area contributed by atoms with Gasteiger partial charge in [0, 0.05) is 6.07 Å². The van der Waals surface area contributed by atoms with Crippen molar-refractivity contribution < 1.29 is 32.5 Å². The average Bonchev–Trinajstić information content (AvgIpc) is 2.88. The fourth-order valence-corrected chi connectivity index (χ4v) is 1.62. The van der Waals surface area contributed by atoms with Crippen LogP contribution in [0.25, 0.3) is 0 Å². The van der Waals surface area contributed by atoms with Gasteiger partial charge in [-0.05, 0) is 12.1 Å². The molecule has 0 radical (unpaired) electrons. The van der Waals surface area contributed by atoms with Crippen molar-refractivity contribution in [2.75, 3.05) is 5.32 Å². The number of anilines is 1. The summed E-state index contributed by atoms with van der Waals surface area (Å²) in [5.41, 5.74) is -0.509. The highest BCUT2D eigenvalue weighted by molar-refractivity contribution is 7.46. The van der Waals surface area contributed by atoms with Crippen LogP contribution in [0, 0.1) is 11.6 Å². The summed E-state index contributed by atoms with van der Waals surface area (Å²) in [4.78, 5) is 29.5. The molecule has 1 aromatic carbocycles. The molecule has 0 aliphatic rings. The van der Waals surface area contributed by atoms with E-state index >= 15 is 0 Å². The fraction of sp³-hybridized carbons (Fsp3) is 0.100. The zero-order valence-corrected chi connectivity index (χ0v) is 11.6. The summed E-state index contributed by atoms with van der Waals surface area (Å²) in [5.74, 6) is -2.60. The van der Waals surface area contributed by atoms with E-state index in [0.717, 1.165) is 23.1 Å². The van der Waals surface area contributed by atoms with E-state index in [2.05, 4.69) is 20.0 Å². The van der Waals surface area contributed by atoms with E-state index in [9.17, 15) is 18.1 Å². The van der Waals surface area contributed by atoms with Crippen molar-refractivity contribution in [1.29, 1.82) is 0 Å². The lowest BCUT2D eigenvalue weighted by Crippen LogP contribution is -2.14. The Bertz CT molecular complexity index is 747. The molecular weight excluding hydrogens is 325 g/mol. The zero-order valence-electron chi connectivity index (χ0n) is 10.7. The third kappa shape index (κ3) is 4.40. The number of rotatable bonds is 5. The van der Waals surface area contributed by atoms with Gasteiger partial charge in [0.25, 0.3) is 5.91 Å². The molecule has 1 heterocycles. The second kappa shape index (κ2) is 6.28. The zero-order chi connectivity index (χ0) is 16.3. The molecule has 1 aromatic heterocycles. The van der Waals surface area contributed by atoms with E-state index in [1.165, 1.54) is 0 Å². The van der Waals surface area contributed by atoms with E-state index in [4.69, 9.17) is 9.79 Å². The molecule has 0 atom stereocenters. The third-order valence-corrected chi connectivity index (χ3v) is 2.74. The Labute approximate surface area is 121 Å². The molecule has 0 spiro atoms. The van der Waals surface area contributed by atoms with Gasteiger partial charge in [-0.2, -0.15) is 9.90 Å². The first-order chi connectivity index (χ1) is 10.2. The van der Waals surface area contributed by atoms with E-state index in [1.54, 1.807) is 0 Å². The van der Waals surface area contributed by atoms with Crippen LogP contribution >= 0.6 is 7.82 Å². The molecule has 0 aliphatic heterocycles. The van der Waals surface area contributed by atoms with Crippen LogP contribution < -0.4 is 5.32 Å². The van der Waals surface area contributed by atoms with E-state index in [0.29, 0.717) is 6.07 Å². The Balaban J connectivity index is 2.04. The number of carbonyl (C=O) groups is 1. The van der Waals surface area contributed by atoms with Crippen LogP contribution in [0.1, 0.15) is 10.5 Å². The van der Waals surface area contributed by atoms with Gasteiger partial charge in [-0.3, -0.25) is 9.32 Å². The lowest BCUT2D eigenvalue weighted by molar-refractivity contribution is 0.101. The lowest BCUT2D eigenvalue weighted by Gasteiger charge is -2.04. The van der Waals surface area contributed by atoms with Crippen molar-refractivity contribution in [2.24, 2.45) is 0 Å². The molecule has 2 rings (SSSR count). The van der Waals surface area contributed by atoms with Gasteiger partial charge < -0.3 is 15.1 Å². The third-order valence-electron chi connectivity index (χ3n) is 2.29. The van der Waals surface area contributed by atoms with Gasteiger partial charge in [0.1, 0.15) is 11.6 Å². The second-order valence-corrected chi connectivity index (χ2v) is 5.17. The van der Waals surface area contributed by atoms with Gasteiger partial charge in [-0.25, -0.2) is 13.3 Å². The van der Waals surface area contributed by atoms with Crippen molar-refractivity contribution in [3.05, 3.63) is 41.7 Å². The Morgan fingerprint density at radius 2 is 2.14 bits per heavy atom. The van der Waals surface area contributed by atoms with Crippen molar-refractivity contribution in [1.82, 2.24) is 15.0 Å². The average molecular weight is 334 g/mol. The van der Waals surface area contributed by atoms with Crippen molar-refractivity contribution in [2.45, 2.75) is 6.73 Å². The minimum absolute atomic E-state index is 0.252. The fourth-order valence-electron chi connectivity index (χ4n) is 1.37. The summed E-state index contributed by atoms with van der Waals surface area (Å²) < 4.78 is 40.8. The number of nitrogens with zero attached hydrogens (tertiary/aromatic N) is 3. The molecule has 0 saturated heterocycles. The van der Waals surface area contributed by atoms with E-state index in [1.807, 2.05) is 0 Å². The smallest absolute Gasteiger partial charge is 0.318 e. The number of nitrogens with one attached hydrogen (secondary N) is 1. The number of benzene rings is 1. The summed E-state index contributed by atoms with van der Waals surface area (Å²) in [6, 6.07) is 2.59. The molecule has 2 aromatic rings. The second-order valence-electron chi connectivity index (χ2n) is 3.93. The van der Waals surface area contributed by atoms with Gasteiger partial charge >= 0.3 is 7.82 Å². The van der Waals surface area contributed by atoms with Gasteiger partial charge in [-0.1, -0.05) is 0 Å². The van der Waals surface area contributed by atoms with Gasteiger partial charge in [-0.15, -0.1) is 5.10 Å². The first kappa shape index (κ1) is 16.2. The van der Waals surface area contributed by atoms with Crippen LogP contribution in [0.5, 0.6) is 0 Å². The number of hydrogen-bond donors (Lipinski definition) is 3. The maximum atomic E-state index is 13.4. The maximum absolute atomic E-state index is 13.4. The van der Waals surface area contributed by atoms with Crippen LogP contribution in [-0.2, 0) is 15.8 Å². The number of phosphoric ester groups is 1. The molecule has 0 fully saturated rings. The van der Waals surface area contributed by atoms with Gasteiger partial charge in [0.05, 0.1) is 11.9 Å². The highest BCUT2D eigenvalue weighted by Gasteiger charge is 2.17. The standard InChI is InChI=1S/C10H9F2N4O5P/c11-6-1-2-8(7(12)3-6)14-10(17)9-4-13-16(15-9)5-21-22(18,19)20/h1-4H,5H2,(H,14,17)(H2,18,19,20). The largest absolute Gasteiger partial charge is 0.471 e. The van der Waals surface area contributed by atoms with E-state index in [-0.39, 0.29) is 11.4 Å². The summed E-state index contributed by atoms with van der Waals surface area (Å²) in [6.45, 7) is -0.678. The van der Waals surface area contributed by atoms with Gasteiger partial charge in [0.2, 0.25) is 0 Å². The van der Waals surface area contributed by atoms with Crippen molar-refractivity contribution >= 4 is 19.4 Å². The molecular formula is C10H9F2N4O5P. The molecule has 3 N–H and O–H groups in total. The van der Waals surface area contributed by atoms with Crippen molar-refractivity contribution in [3.8, 4) is 0 Å². The molecule has 0 unspecified atom stereocenters. The van der Waals surface area contributed by atoms with Crippen LogP contribution in [0.2, 0.25) is 0 Å². The number of hydrogen-bond acceptors (Lipinski definition) is 5. The molecule has 1 amide bonds. The van der Waals surface area contributed by atoms with Crippen LogP contribution in [-0.4, -0.2) is 30.7 Å². The lowest BCUT2D eigenvalue weighted by atomic mass is 10.3. The first-order valence-corrected chi connectivity index (χ1v) is 7.14. The quantitative estimate of drug-likeness (QED) is 0.693. The molecule has 0 aliphatic carbocycles. The van der Waals surface area contributed by atoms with E-state index < -0.39 is 32.1 Å². The number of aromatic nitrogens is 3. The minimum Gasteiger partial charge on any atom is -0.318 e. The number of amides is 1. The Hall–Kier alpha value is -2.20. The molecule has 12 heteroatoms. The summed E-state index contributed by atoms with van der Waals surface area (Å²) in [7, 11) is -4.70. The molecule has 118 valence electrons. The normalized spacial score (nSPS) is 11.5. The van der Waals surface area contributed by atoms with Gasteiger partial charge in [0.15, 0.2) is 12.4 Å². The number of halogens is 2.